The summed E-state index contributed by atoms with van der Waals surface area (Å²) in [4.78, 5) is 3.97. The van der Waals surface area contributed by atoms with Gasteiger partial charge in [0.15, 0.2) is 0 Å². The Morgan fingerprint density at radius 3 is 2.59 bits per heavy atom. The molecule has 0 aliphatic carbocycles. The molecule has 4 rings (SSSR count). The second kappa shape index (κ2) is 6.60. The smallest absolute Gasteiger partial charge is 0.345 e. The molecule has 1 aliphatic rings. The maximum atomic E-state index is 13.6. The van der Waals surface area contributed by atoms with Crippen LogP contribution in [0.15, 0.2) is 65.7 Å². The average Bonchev–Trinajstić information content (AvgIpc) is 2.68. The van der Waals surface area contributed by atoms with Gasteiger partial charge in [-0.15, -0.1) is 4.00 Å². The third-order valence-electron chi connectivity index (χ3n) is 5.39. The van der Waals surface area contributed by atoms with Crippen molar-refractivity contribution in [3.8, 4) is 5.88 Å². The number of hydrogen-bond acceptors (Lipinski definition) is 5. The number of piperidine rings is 1. The number of benzene rings is 2. The van der Waals surface area contributed by atoms with Crippen LogP contribution in [0.25, 0.3) is 10.8 Å². The Hall–Kier alpha value is -2.48. The van der Waals surface area contributed by atoms with Crippen LogP contribution in [0.5, 0.6) is 5.88 Å². The molecule has 0 saturated carbocycles. The summed E-state index contributed by atoms with van der Waals surface area (Å²) in [5, 5.41) is 10.8. The van der Waals surface area contributed by atoms with Gasteiger partial charge in [0, 0.05) is 29.3 Å². The molecule has 6 nitrogen and oxygen atoms in total. The monoisotopic (exact) mass is 384 g/mol. The predicted octanol–water partition coefficient (Wildman–Crippen LogP) is 2.90. The molecule has 0 amide bonds. The molecule has 2 heterocycles. The van der Waals surface area contributed by atoms with E-state index in [0.717, 1.165) is 18.4 Å². The van der Waals surface area contributed by atoms with Crippen LogP contribution in [0.2, 0.25) is 0 Å². The number of aromatic nitrogens is 1. The number of nitrogens with zero attached hydrogens (tertiary/aromatic N) is 2. The number of fused-ring (bicyclic) bond motifs is 1. The molecule has 1 fully saturated rings. The summed E-state index contributed by atoms with van der Waals surface area (Å²) < 4.78 is 26.6. The molecule has 1 aromatic heterocycles. The van der Waals surface area contributed by atoms with Gasteiger partial charge in [-0.3, -0.25) is 0 Å². The molecule has 7 heteroatoms. The Bertz CT molecular complexity index is 1090. The summed E-state index contributed by atoms with van der Waals surface area (Å²) in [6, 6.07) is 16.3. The average molecular weight is 384 g/mol. The molecule has 1 saturated heterocycles. The molecule has 2 unspecified atom stereocenters. The number of nitrogens with two attached hydrogens (primary N) is 1. The molecule has 0 spiro atoms. The van der Waals surface area contributed by atoms with E-state index in [9.17, 15) is 13.5 Å². The highest BCUT2D eigenvalue weighted by atomic mass is 32.2. The third kappa shape index (κ3) is 2.97. The van der Waals surface area contributed by atoms with E-state index in [4.69, 9.17) is 5.84 Å². The summed E-state index contributed by atoms with van der Waals surface area (Å²) in [6.45, 7) is 0.679. The quantitative estimate of drug-likeness (QED) is 0.535. The fraction of sp³-hybridized carbons (Fsp3) is 0.250. The number of pyridine rings is 1. The van der Waals surface area contributed by atoms with Gasteiger partial charge in [-0.1, -0.05) is 36.4 Å². The highest BCUT2D eigenvalue weighted by molar-refractivity contribution is 7.86. The number of sulfonamides is 1. The van der Waals surface area contributed by atoms with E-state index in [1.165, 1.54) is 6.20 Å². The Kier molecular flexibility index (Phi) is 4.38. The first kappa shape index (κ1) is 17.9. The Labute approximate surface area is 158 Å². The molecular weight excluding hydrogens is 362 g/mol. The van der Waals surface area contributed by atoms with Crippen LogP contribution < -0.4 is 5.84 Å². The number of rotatable bonds is 3. The van der Waals surface area contributed by atoms with Crippen molar-refractivity contribution in [2.75, 3.05) is 13.1 Å². The van der Waals surface area contributed by atoms with Crippen molar-refractivity contribution in [2.24, 2.45) is 5.84 Å². The molecule has 3 aromatic rings. The summed E-state index contributed by atoms with van der Waals surface area (Å²) in [5.74, 6) is 6.40. The lowest BCUT2D eigenvalue weighted by Crippen LogP contribution is -2.62. The van der Waals surface area contributed by atoms with Crippen LogP contribution in [0, 0.1) is 0 Å². The fourth-order valence-corrected chi connectivity index (χ4v) is 5.80. The van der Waals surface area contributed by atoms with E-state index >= 15 is 0 Å². The van der Waals surface area contributed by atoms with Gasteiger partial charge < -0.3 is 5.11 Å². The maximum Gasteiger partial charge on any atom is 0.345 e. The lowest BCUT2D eigenvalue weighted by Gasteiger charge is -2.38. The maximum absolute atomic E-state index is 13.6. The van der Waals surface area contributed by atoms with Gasteiger partial charge >= 0.3 is 10.0 Å². The zero-order chi connectivity index (χ0) is 19.1. The van der Waals surface area contributed by atoms with Gasteiger partial charge in [-0.2, -0.15) is 14.3 Å². The van der Waals surface area contributed by atoms with Crippen molar-refractivity contribution < 1.29 is 17.5 Å². The predicted molar refractivity (Wildman–Crippen MR) is 103 cm³/mol. The van der Waals surface area contributed by atoms with Crippen molar-refractivity contribution >= 4 is 20.8 Å². The normalized spacial score (nSPS) is 23.4. The summed E-state index contributed by atoms with van der Waals surface area (Å²) in [5.41, 5.74) is 1.11. The van der Waals surface area contributed by atoms with E-state index in [1.54, 1.807) is 24.3 Å². The minimum Gasteiger partial charge on any atom is -0.493 e. The standard InChI is InChI=1S/C20H21N3O3S/c21-23(13-5-8-16(14-23)15-6-2-1-3-7-15)27(25,26)19-10-4-9-18-17(19)11-12-22-20(18)24/h1-4,6-7,9-12,16H,5,8,13-14,21H2/p+1. The molecule has 1 aliphatic heterocycles. The first-order valence-electron chi connectivity index (χ1n) is 8.95. The van der Waals surface area contributed by atoms with Gasteiger partial charge in [0.2, 0.25) is 5.88 Å². The van der Waals surface area contributed by atoms with Crippen molar-refractivity contribution in [3.05, 3.63) is 66.4 Å². The second-order valence-electron chi connectivity index (χ2n) is 7.07. The highest BCUT2D eigenvalue weighted by Gasteiger charge is 2.45. The molecular formula is C20H22N3O3S+. The Balaban J connectivity index is 1.79. The van der Waals surface area contributed by atoms with E-state index in [-0.39, 0.29) is 16.7 Å². The lowest BCUT2D eigenvalue weighted by atomic mass is 9.91. The molecule has 0 radical (unpaired) electrons. The van der Waals surface area contributed by atoms with Crippen LogP contribution in [0.1, 0.15) is 24.3 Å². The number of aromatic hydroxyl groups is 1. The largest absolute Gasteiger partial charge is 0.493 e. The number of hydrogen-bond donors (Lipinski definition) is 2. The van der Waals surface area contributed by atoms with E-state index in [2.05, 4.69) is 4.98 Å². The van der Waals surface area contributed by atoms with Gasteiger partial charge in [0.1, 0.15) is 18.0 Å². The third-order valence-corrected chi connectivity index (χ3v) is 7.59. The first-order valence-corrected chi connectivity index (χ1v) is 10.4. The Morgan fingerprint density at radius 1 is 1.04 bits per heavy atom. The fourth-order valence-electron chi connectivity index (χ4n) is 3.96. The summed E-state index contributed by atoms with van der Waals surface area (Å²) in [6.07, 6.45) is 3.05. The van der Waals surface area contributed by atoms with Gasteiger partial charge in [0.05, 0.1) is 0 Å². The van der Waals surface area contributed by atoms with Gasteiger partial charge in [0.25, 0.3) is 0 Å². The van der Waals surface area contributed by atoms with Crippen LogP contribution in [-0.4, -0.2) is 35.6 Å². The minimum absolute atomic E-state index is 0.0878. The summed E-state index contributed by atoms with van der Waals surface area (Å²) >= 11 is 0. The summed E-state index contributed by atoms with van der Waals surface area (Å²) in [7, 11) is -3.87. The lowest BCUT2D eigenvalue weighted by molar-refractivity contribution is -0.825. The SMILES string of the molecule is N[N+]1(S(=O)(=O)c2cccc3c(O)nccc23)CCCC(c2ccccc2)C1. The van der Waals surface area contributed by atoms with Gasteiger partial charge in [-0.05, 0) is 30.2 Å². The van der Waals surface area contributed by atoms with Crippen LogP contribution in [0.3, 0.4) is 0 Å². The topological polar surface area (TPSA) is 93.3 Å². The highest BCUT2D eigenvalue weighted by Crippen LogP contribution is 2.36. The zero-order valence-electron chi connectivity index (χ0n) is 14.8. The molecule has 3 N–H and O–H groups in total. The van der Waals surface area contributed by atoms with Gasteiger partial charge in [-0.25, -0.2) is 4.98 Å². The van der Waals surface area contributed by atoms with Crippen molar-refractivity contribution in [3.63, 3.8) is 0 Å². The number of quaternary nitrogens is 1. The molecule has 140 valence electrons. The molecule has 0 bridgehead atoms. The van der Waals surface area contributed by atoms with Crippen LogP contribution in [-0.2, 0) is 10.0 Å². The van der Waals surface area contributed by atoms with E-state index < -0.39 is 14.0 Å². The van der Waals surface area contributed by atoms with Crippen LogP contribution >= 0.6 is 0 Å². The van der Waals surface area contributed by atoms with Crippen LogP contribution in [0.4, 0.5) is 0 Å². The van der Waals surface area contributed by atoms with Crippen molar-refractivity contribution in [2.45, 2.75) is 23.7 Å². The zero-order valence-corrected chi connectivity index (χ0v) is 15.6. The molecule has 2 atom stereocenters. The van der Waals surface area contributed by atoms with E-state index in [1.807, 2.05) is 30.3 Å². The van der Waals surface area contributed by atoms with Crippen molar-refractivity contribution in [1.29, 1.82) is 0 Å². The van der Waals surface area contributed by atoms with Crippen molar-refractivity contribution in [1.82, 2.24) is 4.98 Å². The molecule has 2 aromatic carbocycles. The minimum atomic E-state index is -3.87. The first-order chi connectivity index (χ1) is 12.9. The molecule has 27 heavy (non-hydrogen) atoms. The van der Waals surface area contributed by atoms with E-state index in [0.29, 0.717) is 23.9 Å². The second-order valence-corrected chi connectivity index (χ2v) is 9.19. The Morgan fingerprint density at radius 2 is 1.81 bits per heavy atom.